The Morgan fingerprint density at radius 3 is 2.68 bits per heavy atom. The molecule has 0 unspecified atom stereocenters. The SMILES string of the molecule is CCOC(=O)Cc1csc(NC(=O)Cc2ccc(Br)cc2)n1. The highest BCUT2D eigenvalue weighted by atomic mass is 79.9. The molecule has 1 aromatic carbocycles. The number of nitrogens with zero attached hydrogens (tertiary/aromatic N) is 1. The van der Waals surface area contributed by atoms with Crippen LogP contribution in [-0.4, -0.2) is 23.5 Å². The van der Waals surface area contributed by atoms with Crippen LogP contribution >= 0.6 is 27.3 Å². The maximum atomic E-state index is 12.0. The van der Waals surface area contributed by atoms with Crippen molar-refractivity contribution in [2.24, 2.45) is 0 Å². The lowest BCUT2D eigenvalue weighted by Gasteiger charge is -2.02. The summed E-state index contributed by atoms with van der Waals surface area (Å²) in [6.07, 6.45) is 0.396. The van der Waals surface area contributed by atoms with Crippen LogP contribution < -0.4 is 5.32 Å². The number of benzene rings is 1. The Bertz CT molecular complexity index is 655. The normalized spacial score (nSPS) is 10.3. The predicted molar refractivity (Wildman–Crippen MR) is 88.9 cm³/mol. The van der Waals surface area contributed by atoms with Gasteiger partial charge in [0.25, 0.3) is 0 Å². The molecule has 0 spiro atoms. The van der Waals surface area contributed by atoms with Gasteiger partial charge in [-0.1, -0.05) is 28.1 Å². The van der Waals surface area contributed by atoms with E-state index in [1.165, 1.54) is 11.3 Å². The summed E-state index contributed by atoms with van der Waals surface area (Å²) in [5.74, 6) is -0.458. The second kappa shape index (κ2) is 8.05. The van der Waals surface area contributed by atoms with E-state index < -0.39 is 0 Å². The third-order valence-electron chi connectivity index (χ3n) is 2.71. The first-order valence-corrected chi connectivity index (χ1v) is 8.38. The minimum absolute atomic E-state index is 0.118. The largest absolute Gasteiger partial charge is 0.466 e. The zero-order valence-corrected chi connectivity index (χ0v) is 14.4. The van der Waals surface area contributed by atoms with Gasteiger partial charge in [-0.05, 0) is 24.6 Å². The zero-order chi connectivity index (χ0) is 15.9. The van der Waals surface area contributed by atoms with Gasteiger partial charge < -0.3 is 10.1 Å². The van der Waals surface area contributed by atoms with Crippen molar-refractivity contribution in [1.29, 1.82) is 0 Å². The van der Waals surface area contributed by atoms with Crippen molar-refractivity contribution in [2.75, 3.05) is 11.9 Å². The van der Waals surface area contributed by atoms with Crippen LogP contribution in [0.5, 0.6) is 0 Å². The standard InChI is InChI=1S/C15H15BrN2O3S/c1-2-21-14(20)8-12-9-22-15(17-12)18-13(19)7-10-3-5-11(16)6-4-10/h3-6,9H,2,7-8H2,1H3,(H,17,18,19). The lowest BCUT2D eigenvalue weighted by atomic mass is 10.1. The van der Waals surface area contributed by atoms with Gasteiger partial charge in [-0.3, -0.25) is 9.59 Å². The number of thiazole rings is 1. The molecule has 0 saturated heterocycles. The molecule has 0 fully saturated rings. The quantitative estimate of drug-likeness (QED) is 0.778. The first kappa shape index (κ1) is 16.6. The van der Waals surface area contributed by atoms with E-state index in [4.69, 9.17) is 4.74 Å². The third-order valence-corrected chi connectivity index (χ3v) is 4.04. The minimum atomic E-state index is -0.319. The maximum Gasteiger partial charge on any atom is 0.311 e. The van der Waals surface area contributed by atoms with Gasteiger partial charge in [-0.15, -0.1) is 11.3 Å². The molecule has 116 valence electrons. The zero-order valence-electron chi connectivity index (χ0n) is 12.0. The molecule has 2 aromatic rings. The van der Waals surface area contributed by atoms with E-state index >= 15 is 0 Å². The second-order valence-electron chi connectivity index (χ2n) is 4.48. The van der Waals surface area contributed by atoms with Gasteiger partial charge in [0.2, 0.25) is 5.91 Å². The van der Waals surface area contributed by atoms with Gasteiger partial charge >= 0.3 is 5.97 Å². The van der Waals surface area contributed by atoms with Crippen molar-refractivity contribution >= 4 is 44.3 Å². The predicted octanol–water partition coefficient (Wildman–Crippen LogP) is 3.19. The van der Waals surface area contributed by atoms with Crippen molar-refractivity contribution in [3.05, 3.63) is 45.4 Å². The Balaban J connectivity index is 1.88. The average Bonchev–Trinajstić information content (AvgIpc) is 2.88. The average molecular weight is 383 g/mol. The van der Waals surface area contributed by atoms with Crippen LogP contribution in [0.1, 0.15) is 18.2 Å². The van der Waals surface area contributed by atoms with Crippen LogP contribution in [0, 0.1) is 0 Å². The van der Waals surface area contributed by atoms with Gasteiger partial charge in [0, 0.05) is 9.85 Å². The fourth-order valence-corrected chi connectivity index (χ4v) is 2.75. The fourth-order valence-electron chi connectivity index (χ4n) is 1.76. The Morgan fingerprint density at radius 1 is 1.27 bits per heavy atom. The van der Waals surface area contributed by atoms with Gasteiger partial charge in [0.05, 0.1) is 25.1 Å². The summed E-state index contributed by atoms with van der Waals surface area (Å²) in [5.41, 5.74) is 1.52. The number of anilines is 1. The van der Waals surface area contributed by atoms with E-state index in [9.17, 15) is 9.59 Å². The van der Waals surface area contributed by atoms with Gasteiger partial charge in [-0.25, -0.2) is 4.98 Å². The summed E-state index contributed by atoms with van der Waals surface area (Å²) in [7, 11) is 0. The molecular weight excluding hydrogens is 368 g/mol. The molecular formula is C15H15BrN2O3S. The number of amides is 1. The molecule has 22 heavy (non-hydrogen) atoms. The summed E-state index contributed by atoms with van der Waals surface area (Å²) in [4.78, 5) is 27.5. The number of hydrogen-bond acceptors (Lipinski definition) is 5. The van der Waals surface area contributed by atoms with Crippen molar-refractivity contribution in [2.45, 2.75) is 19.8 Å². The number of carbonyl (C=O) groups excluding carboxylic acids is 2. The molecule has 1 amide bonds. The number of hydrogen-bond donors (Lipinski definition) is 1. The Labute approximate surface area is 140 Å². The van der Waals surface area contributed by atoms with Crippen LogP contribution in [0.2, 0.25) is 0 Å². The lowest BCUT2D eigenvalue weighted by Crippen LogP contribution is -2.14. The van der Waals surface area contributed by atoms with Crippen molar-refractivity contribution in [3.8, 4) is 0 Å². The fraction of sp³-hybridized carbons (Fsp3) is 0.267. The third kappa shape index (κ3) is 5.23. The first-order chi connectivity index (χ1) is 10.6. The number of esters is 1. The highest BCUT2D eigenvalue weighted by Gasteiger charge is 2.10. The molecule has 5 nitrogen and oxygen atoms in total. The van der Waals surface area contributed by atoms with E-state index in [2.05, 4.69) is 26.2 Å². The molecule has 1 heterocycles. The van der Waals surface area contributed by atoms with Crippen molar-refractivity contribution < 1.29 is 14.3 Å². The molecule has 1 N–H and O–H groups in total. The molecule has 2 rings (SSSR count). The molecule has 0 bridgehead atoms. The van der Waals surface area contributed by atoms with Crippen LogP contribution in [0.4, 0.5) is 5.13 Å². The number of nitrogens with one attached hydrogen (secondary N) is 1. The van der Waals surface area contributed by atoms with Crippen molar-refractivity contribution in [1.82, 2.24) is 4.98 Å². The van der Waals surface area contributed by atoms with Crippen LogP contribution in [0.15, 0.2) is 34.1 Å². The first-order valence-electron chi connectivity index (χ1n) is 6.71. The maximum absolute atomic E-state index is 12.0. The molecule has 0 radical (unpaired) electrons. The lowest BCUT2D eigenvalue weighted by molar-refractivity contribution is -0.142. The molecule has 1 aromatic heterocycles. The number of carbonyl (C=O) groups is 2. The summed E-state index contributed by atoms with van der Waals surface area (Å²) in [6, 6.07) is 7.56. The summed E-state index contributed by atoms with van der Waals surface area (Å²) >= 11 is 4.64. The molecule has 0 atom stereocenters. The summed E-state index contributed by atoms with van der Waals surface area (Å²) in [6.45, 7) is 2.10. The van der Waals surface area contributed by atoms with Crippen LogP contribution in [0.25, 0.3) is 0 Å². The molecule has 0 aliphatic carbocycles. The number of ether oxygens (including phenoxy) is 1. The van der Waals surface area contributed by atoms with Gasteiger partial charge in [-0.2, -0.15) is 0 Å². The highest BCUT2D eigenvalue weighted by molar-refractivity contribution is 9.10. The van der Waals surface area contributed by atoms with E-state index in [1.54, 1.807) is 12.3 Å². The van der Waals surface area contributed by atoms with E-state index in [0.29, 0.717) is 17.4 Å². The van der Waals surface area contributed by atoms with Crippen LogP contribution in [0.3, 0.4) is 0 Å². The molecule has 7 heteroatoms. The molecule has 0 aliphatic rings. The van der Waals surface area contributed by atoms with E-state index in [-0.39, 0.29) is 24.7 Å². The summed E-state index contributed by atoms with van der Waals surface area (Å²) in [5, 5.41) is 4.96. The number of halogens is 1. The summed E-state index contributed by atoms with van der Waals surface area (Å²) < 4.78 is 5.83. The van der Waals surface area contributed by atoms with Crippen molar-refractivity contribution in [3.63, 3.8) is 0 Å². The highest BCUT2D eigenvalue weighted by Crippen LogP contribution is 2.17. The Morgan fingerprint density at radius 2 is 2.00 bits per heavy atom. The minimum Gasteiger partial charge on any atom is -0.466 e. The molecule has 0 saturated carbocycles. The van der Waals surface area contributed by atoms with Crippen LogP contribution in [-0.2, 0) is 27.2 Å². The van der Waals surface area contributed by atoms with Gasteiger partial charge in [0.15, 0.2) is 5.13 Å². The smallest absolute Gasteiger partial charge is 0.311 e. The Kier molecular flexibility index (Phi) is 6.09. The molecule has 0 aliphatic heterocycles. The number of rotatable bonds is 6. The second-order valence-corrected chi connectivity index (χ2v) is 6.25. The number of aromatic nitrogens is 1. The Hall–Kier alpha value is -1.73. The monoisotopic (exact) mass is 382 g/mol. The topological polar surface area (TPSA) is 68.3 Å². The van der Waals surface area contributed by atoms with E-state index in [0.717, 1.165) is 10.0 Å². The van der Waals surface area contributed by atoms with E-state index in [1.807, 2.05) is 24.3 Å². The van der Waals surface area contributed by atoms with Gasteiger partial charge in [0.1, 0.15) is 0 Å².